The van der Waals surface area contributed by atoms with Crippen molar-refractivity contribution >= 4 is 6.09 Å². The van der Waals surface area contributed by atoms with Crippen LogP contribution in [0, 0.1) is 0 Å². The van der Waals surface area contributed by atoms with Gasteiger partial charge in [-0.2, -0.15) is 5.10 Å². The Morgan fingerprint density at radius 2 is 1.95 bits per heavy atom. The van der Waals surface area contributed by atoms with E-state index in [1.807, 2.05) is 0 Å². The van der Waals surface area contributed by atoms with Crippen LogP contribution in [0.2, 0.25) is 0 Å². The van der Waals surface area contributed by atoms with Gasteiger partial charge in [-0.05, 0) is 38.8 Å². The zero-order valence-electron chi connectivity index (χ0n) is 11.8. The largest absolute Gasteiger partial charge is 0.416 e. The van der Waals surface area contributed by atoms with Crippen molar-refractivity contribution in [2.24, 2.45) is 0 Å². The van der Waals surface area contributed by atoms with Gasteiger partial charge < -0.3 is 14.5 Å². The number of hydrogen-bond donors (Lipinski definition) is 1. The van der Waals surface area contributed by atoms with E-state index in [9.17, 15) is 4.79 Å². The van der Waals surface area contributed by atoms with Gasteiger partial charge in [-0.1, -0.05) is 6.42 Å². The Morgan fingerprint density at radius 1 is 1.20 bits per heavy atom. The molecule has 0 aromatic carbocycles. The maximum Gasteiger partial charge on any atom is 0.416 e. The number of amides is 1. The van der Waals surface area contributed by atoms with Crippen molar-refractivity contribution in [3.63, 3.8) is 0 Å². The molecule has 0 atom stereocenters. The molecular formula is C14H22N4O2. The number of likely N-dealkylation sites (tertiary alicyclic amines) is 2. The summed E-state index contributed by atoms with van der Waals surface area (Å²) in [5.74, 6) is 0.410. The first-order valence-corrected chi connectivity index (χ1v) is 7.53. The number of carbonyl (C=O) groups excluding carboxylic acids is 1. The van der Waals surface area contributed by atoms with Crippen LogP contribution >= 0.6 is 0 Å². The van der Waals surface area contributed by atoms with Crippen LogP contribution in [0.5, 0.6) is 5.88 Å². The Morgan fingerprint density at radius 3 is 2.60 bits per heavy atom. The van der Waals surface area contributed by atoms with Gasteiger partial charge in [0.25, 0.3) is 0 Å². The predicted octanol–water partition coefficient (Wildman–Crippen LogP) is 1.86. The summed E-state index contributed by atoms with van der Waals surface area (Å²) in [6.07, 6.45) is 7.42. The van der Waals surface area contributed by atoms with Gasteiger partial charge in [0.1, 0.15) is 0 Å². The average molecular weight is 278 g/mol. The number of rotatable bonds is 2. The summed E-state index contributed by atoms with van der Waals surface area (Å²) in [6, 6.07) is 2.30. The lowest BCUT2D eigenvalue weighted by molar-refractivity contribution is 0.0872. The van der Waals surface area contributed by atoms with Gasteiger partial charge in [-0.3, -0.25) is 0 Å². The molecule has 1 aromatic rings. The van der Waals surface area contributed by atoms with Gasteiger partial charge in [0.05, 0.1) is 6.20 Å². The summed E-state index contributed by atoms with van der Waals surface area (Å²) in [7, 11) is 0. The molecule has 0 spiro atoms. The molecule has 1 amide bonds. The minimum atomic E-state index is -0.272. The summed E-state index contributed by atoms with van der Waals surface area (Å²) in [5.41, 5.74) is 0. The minimum Gasteiger partial charge on any atom is -0.392 e. The first-order valence-electron chi connectivity index (χ1n) is 7.53. The Bertz CT molecular complexity index is 420. The van der Waals surface area contributed by atoms with Gasteiger partial charge in [0.15, 0.2) is 0 Å². The number of piperidine rings is 2. The molecule has 3 heterocycles. The molecule has 0 radical (unpaired) electrons. The Balaban J connectivity index is 1.46. The normalized spacial score (nSPS) is 21.9. The van der Waals surface area contributed by atoms with Crippen molar-refractivity contribution in [1.82, 2.24) is 20.0 Å². The van der Waals surface area contributed by atoms with E-state index in [0.29, 0.717) is 11.9 Å². The Kier molecular flexibility index (Phi) is 4.20. The number of hydrogen-bond acceptors (Lipinski definition) is 4. The summed E-state index contributed by atoms with van der Waals surface area (Å²) < 4.78 is 5.23. The minimum absolute atomic E-state index is 0.272. The smallest absolute Gasteiger partial charge is 0.392 e. The molecule has 2 aliphatic rings. The topological polar surface area (TPSA) is 61.5 Å². The zero-order valence-corrected chi connectivity index (χ0v) is 11.8. The van der Waals surface area contributed by atoms with Crippen LogP contribution in [-0.4, -0.2) is 58.3 Å². The fraction of sp³-hybridized carbons (Fsp3) is 0.714. The molecule has 2 fully saturated rings. The van der Waals surface area contributed by atoms with Crippen molar-refractivity contribution < 1.29 is 9.53 Å². The van der Waals surface area contributed by atoms with E-state index in [1.54, 1.807) is 17.2 Å². The Labute approximate surface area is 119 Å². The lowest BCUT2D eigenvalue weighted by atomic mass is 10.0. The lowest BCUT2D eigenvalue weighted by Gasteiger charge is -2.39. The molecule has 0 saturated carbocycles. The van der Waals surface area contributed by atoms with Gasteiger partial charge in [-0.25, -0.2) is 9.89 Å². The molecule has 6 nitrogen and oxygen atoms in total. The van der Waals surface area contributed by atoms with Crippen molar-refractivity contribution in [3.05, 3.63) is 12.3 Å². The van der Waals surface area contributed by atoms with Gasteiger partial charge >= 0.3 is 6.09 Å². The quantitative estimate of drug-likeness (QED) is 0.897. The third kappa shape index (κ3) is 3.12. The maximum atomic E-state index is 12.0. The molecule has 3 rings (SSSR count). The van der Waals surface area contributed by atoms with Gasteiger partial charge in [0, 0.05) is 25.2 Å². The van der Waals surface area contributed by atoms with Gasteiger partial charge in [-0.15, -0.1) is 0 Å². The number of aromatic amines is 1. The summed E-state index contributed by atoms with van der Waals surface area (Å²) in [4.78, 5) is 16.4. The average Bonchev–Trinajstić information content (AvgIpc) is 3.01. The van der Waals surface area contributed by atoms with E-state index >= 15 is 0 Å². The third-order valence-electron chi connectivity index (χ3n) is 4.30. The highest BCUT2D eigenvalue weighted by molar-refractivity contribution is 5.70. The molecule has 2 aliphatic heterocycles. The van der Waals surface area contributed by atoms with Crippen LogP contribution in [-0.2, 0) is 0 Å². The number of nitrogens with one attached hydrogen (secondary N) is 1. The van der Waals surface area contributed by atoms with Crippen molar-refractivity contribution in [3.8, 4) is 5.88 Å². The molecule has 0 bridgehead atoms. The van der Waals surface area contributed by atoms with Crippen LogP contribution in [0.3, 0.4) is 0 Å². The molecule has 2 saturated heterocycles. The molecule has 110 valence electrons. The predicted molar refractivity (Wildman–Crippen MR) is 74.6 cm³/mol. The Hall–Kier alpha value is -1.56. The van der Waals surface area contributed by atoms with Crippen LogP contribution in [0.25, 0.3) is 0 Å². The van der Waals surface area contributed by atoms with Crippen LogP contribution < -0.4 is 4.74 Å². The second-order valence-electron chi connectivity index (χ2n) is 5.60. The van der Waals surface area contributed by atoms with Crippen molar-refractivity contribution in [1.29, 1.82) is 0 Å². The van der Waals surface area contributed by atoms with E-state index in [0.717, 1.165) is 25.9 Å². The lowest BCUT2D eigenvalue weighted by Crippen LogP contribution is -2.48. The van der Waals surface area contributed by atoms with Crippen molar-refractivity contribution in [2.45, 2.75) is 38.1 Å². The van der Waals surface area contributed by atoms with E-state index in [-0.39, 0.29) is 6.09 Å². The summed E-state index contributed by atoms with van der Waals surface area (Å²) in [6.45, 7) is 4.02. The van der Waals surface area contributed by atoms with Crippen LogP contribution in [0.4, 0.5) is 4.79 Å². The fourth-order valence-corrected chi connectivity index (χ4v) is 3.16. The highest BCUT2D eigenvalue weighted by atomic mass is 16.6. The second-order valence-corrected chi connectivity index (χ2v) is 5.60. The monoisotopic (exact) mass is 278 g/mol. The van der Waals surface area contributed by atoms with Gasteiger partial charge in [0.2, 0.25) is 5.88 Å². The first-order chi connectivity index (χ1) is 9.83. The molecule has 1 N–H and O–H groups in total. The zero-order chi connectivity index (χ0) is 13.8. The molecule has 0 unspecified atom stereocenters. The number of H-pyrrole nitrogens is 1. The SMILES string of the molecule is O=C(Oc1ccn[nH]1)N1CCC(N2CCCCC2)CC1. The highest BCUT2D eigenvalue weighted by Crippen LogP contribution is 2.21. The van der Waals surface area contributed by atoms with Crippen molar-refractivity contribution in [2.75, 3.05) is 26.2 Å². The van der Waals surface area contributed by atoms with E-state index < -0.39 is 0 Å². The first kappa shape index (κ1) is 13.4. The van der Waals surface area contributed by atoms with Crippen LogP contribution in [0.1, 0.15) is 32.1 Å². The number of nitrogens with zero attached hydrogens (tertiary/aromatic N) is 3. The third-order valence-corrected chi connectivity index (χ3v) is 4.30. The maximum absolute atomic E-state index is 12.0. The molecule has 6 heteroatoms. The number of aromatic nitrogens is 2. The molecule has 20 heavy (non-hydrogen) atoms. The second kappa shape index (κ2) is 6.26. The number of ether oxygens (including phenoxy) is 1. The summed E-state index contributed by atoms with van der Waals surface area (Å²) >= 11 is 0. The molecule has 0 aliphatic carbocycles. The van der Waals surface area contributed by atoms with E-state index in [2.05, 4.69) is 15.1 Å². The standard InChI is InChI=1S/C14H22N4O2/c19-14(20-13-4-7-15-16-13)18-10-5-12(6-11-18)17-8-2-1-3-9-17/h4,7,12H,1-3,5-6,8-11H2,(H,15,16). The molecular weight excluding hydrogens is 256 g/mol. The number of carbonyl (C=O) groups is 1. The van der Waals surface area contributed by atoms with E-state index in [4.69, 9.17) is 4.74 Å². The van der Waals surface area contributed by atoms with Crippen LogP contribution in [0.15, 0.2) is 12.3 Å². The molecule has 1 aromatic heterocycles. The van der Waals surface area contributed by atoms with E-state index in [1.165, 1.54) is 32.4 Å². The highest BCUT2D eigenvalue weighted by Gasteiger charge is 2.28. The summed E-state index contributed by atoms with van der Waals surface area (Å²) in [5, 5.41) is 6.41. The fourth-order valence-electron chi connectivity index (χ4n) is 3.16.